The number of halogens is 1. The van der Waals surface area contributed by atoms with E-state index in [1.54, 1.807) is 24.2 Å². The number of aromatic nitrogens is 1. The van der Waals surface area contributed by atoms with Gasteiger partial charge in [-0.2, -0.15) is 0 Å². The smallest absolute Gasteiger partial charge is 0.246 e. The molecule has 0 radical (unpaired) electrons. The fourth-order valence-electron chi connectivity index (χ4n) is 3.01. The van der Waals surface area contributed by atoms with Crippen LogP contribution in [0.15, 0.2) is 40.9 Å². The molecule has 31 heavy (non-hydrogen) atoms. The molecule has 164 valence electrons. The molecule has 3 rings (SSSR count). The van der Waals surface area contributed by atoms with Gasteiger partial charge in [-0.15, -0.1) is 11.3 Å². The Balaban J connectivity index is 1.66. The number of benzene rings is 1. The van der Waals surface area contributed by atoms with E-state index in [1.807, 2.05) is 51.1 Å². The molecule has 0 fully saturated rings. The zero-order chi connectivity index (χ0) is 22.4. The Hall–Kier alpha value is -2.77. The van der Waals surface area contributed by atoms with Crippen molar-refractivity contribution in [1.29, 1.82) is 0 Å². The van der Waals surface area contributed by atoms with Gasteiger partial charge in [0.2, 0.25) is 5.91 Å². The molecule has 0 unspecified atom stereocenters. The summed E-state index contributed by atoms with van der Waals surface area (Å²) in [5.41, 5.74) is 2.56. The topological polar surface area (TPSA) is 64.8 Å². The maximum Gasteiger partial charge on any atom is 0.246 e. The predicted octanol–water partition coefficient (Wildman–Crippen LogP) is 5.66. The van der Waals surface area contributed by atoms with Crippen molar-refractivity contribution in [3.63, 3.8) is 0 Å². The van der Waals surface area contributed by atoms with E-state index in [2.05, 4.69) is 5.16 Å². The van der Waals surface area contributed by atoms with Gasteiger partial charge < -0.3 is 18.9 Å². The maximum atomic E-state index is 12.6. The van der Waals surface area contributed by atoms with Crippen LogP contribution in [0, 0.1) is 13.8 Å². The van der Waals surface area contributed by atoms with E-state index in [1.165, 1.54) is 11.3 Å². The summed E-state index contributed by atoms with van der Waals surface area (Å²) in [7, 11) is 1.59. The fraction of sp³-hybridized carbons (Fsp3) is 0.304. The molecule has 0 aliphatic carbocycles. The zero-order valence-electron chi connectivity index (χ0n) is 18.0. The van der Waals surface area contributed by atoms with E-state index >= 15 is 0 Å². The van der Waals surface area contributed by atoms with Crippen molar-refractivity contribution in [3.05, 3.63) is 68.2 Å². The number of aryl methyl sites for hydroxylation is 2. The summed E-state index contributed by atoms with van der Waals surface area (Å²) in [6.45, 7) is 7.17. The van der Waals surface area contributed by atoms with Crippen LogP contribution < -0.4 is 9.47 Å². The number of carbonyl (C=O) groups is 1. The number of likely N-dealkylation sites (N-methyl/N-ethyl adjacent to an activating group) is 1. The van der Waals surface area contributed by atoms with Crippen LogP contribution in [0.2, 0.25) is 4.34 Å². The van der Waals surface area contributed by atoms with Crippen molar-refractivity contribution in [2.75, 3.05) is 13.7 Å². The van der Waals surface area contributed by atoms with E-state index in [9.17, 15) is 4.79 Å². The summed E-state index contributed by atoms with van der Waals surface area (Å²) in [4.78, 5) is 15.4. The Morgan fingerprint density at radius 2 is 2.06 bits per heavy atom. The first-order valence-electron chi connectivity index (χ1n) is 9.85. The van der Waals surface area contributed by atoms with Crippen LogP contribution in [0.4, 0.5) is 0 Å². The zero-order valence-corrected chi connectivity index (χ0v) is 19.5. The second kappa shape index (κ2) is 10.5. The van der Waals surface area contributed by atoms with Gasteiger partial charge in [0, 0.05) is 17.5 Å². The first kappa shape index (κ1) is 22.9. The molecule has 0 N–H and O–H groups in total. The first-order chi connectivity index (χ1) is 14.9. The molecule has 0 atom stereocenters. The molecule has 1 aromatic carbocycles. The normalized spacial score (nSPS) is 11.1. The number of rotatable bonds is 9. The minimum absolute atomic E-state index is 0.0651. The highest BCUT2D eigenvalue weighted by Crippen LogP contribution is 2.30. The van der Waals surface area contributed by atoms with Crippen molar-refractivity contribution in [3.8, 4) is 11.5 Å². The van der Waals surface area contributed by atoms with Crippen LogP contribution in [-0.2, 0) is 17.9 Å². The molecular weight excluding hydrogens is 436 g/mol. The molecule has 2 heterocycles. The Bertz CT molecular complexity index is 1050. The lowest BCUT2D eigenvalue weighted by Gasteiger charge is -2.18. The molecule has 0 spiro atoms. The molecule has 0 bridgehead atoms. The number of thiophene rings is 1. The van der Waals surface area contributed by atoms with Crippen LogP contribution >= 0.6 is 22.9 Å². The number of amides is 1. The van der Waals surface area contributed by atoms with Crippen molar-refractivity contribution in [1.82, 2.24) is 10.1 Å². The average molecular weight is 461 g/mol. The highest BCUT2D eigenvalue weighted by Gasteiger charge is 2.13. The first-order valence-corrected chi connectivity index (χ1v) is 11.0. The maximum absolute atomic E-state index is 12.6. The highest BCUT2D eigenvalue weighted by molar-refractivity contribution is 7.16. The Kier molecular flexibility index (Phi) is 7.76. The lowest BCUT2D eigenvalue weighted by Crippen LogP contribution is -2.28. The van der Waals surface area contributed by atoms with Gasteiger partial charge in [-0.1, -0.05) is 22.8 Å². The molecule has 2 aromatic heterocycles. The van der Waals surface area contributed by atoms with Crippen molar-refractivity contribution in [2.45, 2.75) is 33.9 Å². The van der Waals surface area contributed by atoms with Crippen molar-refractivity contribution in [2.24, 2.45) is 0 Å². The van der Waals surface area contributed by atoms with E-state index in [0.717, 1.165) is 31.8 Å². The minimum Gasteiger partial charge on any atom is -0.493 e. The van der Waals surface area contributed by atoms with Gasteiger partial charge in [0.1, 0.15) is 12.4 Å². The van der Waals surface area contributed by atoms with E-state index in [-0.39, 0.29) is 5.91 Å². The van der Waals surface area contributed by atoms with E-state index in [0.29, 0.717) is 31.2 Å². The minimum atomic E-state index is -0.0651. The van der Waals surface area contributed by atoms with Crippen molar-refractivity contribution < 1.29 is 18.8 Å². The Morgan fingerprint density at radius 3 is 2.68 bits per heavy atom. The number of hydrogen-bond acceptors (Lipinski definition) is 6. The number of carbonyl (C=O) groups excluding carboxylic acids is 1. The molecular formula is C23H25ClN2O4S. The van der Waals surface area contributed by atoms with E-state index < -0.39 is 0 Å². The van der Waals surface area contributed by atoms with Gasteiger partial charge in [-0.05, 0) is 56.7 Å². The summed E-state index contributed by atoms with van der Waals surface area (Å²) in [6, 6.07) is 9.33. The van der Waals surface area contributed by atoms with Crippen molar-refractivity contribution >= 4 is 34.9 Å². The number of hydrogen-bond donors (Lipinski definition) is 0. The Morgan fingerprint density at radius 1 is 1.26 bits per heavy atom. The summed E-state index contributed by atoms with van der Waals surface area (Å²) < 4.78 is 17.3. The molecule has 0 aliphatic heterocycles. The van der Waals surface area contributed by atoms with Gasteiger partial charge in [-0.3, -0.25) is 4.79 Å². The molecule has 0 aliphatic rings. The predicted molar refractivity (Wildman–Crippen MR) is 123 cm³/mol. The second-order valence-corrected chi connectivity index (χ2v) is 8.69. The quantitative estimate of drug-likeness (QED) is 0.386. The summed E-state index contributed by atoms with van der Waals surface area (Å²) >= 11 is 7.47. The SMILES string of the molecule is CCN(Cc1ccc(Cl)s1)C(=O)/C=C/c1ccc(OCc2c(C)noc2C)c(OC)c1. The average Bonchev–Trinajstić information content (AvgIpc) is 3.33. The van der Waals surface area contributed by atoms with Crippen LogP contribution in [0.1, 0.15) is 34.4 Å². The van der Waals surface area contributed by atoms with Crippen LogP contribution in [-0.4, -0.2) is 29.6 Å². The lowest BCUT2D eigenvalue weighted by atomic mass is 10.1. The van der Waals surface area contributed by atoms with Gasteiger partial charge >= 0.3 is 0 Å². The second-order valence-electron chi connectivity index (χ2n) is 6.89. The van der Waals surface area contributed by atoms with Gasteiger partial charge in [-0.25, -0.2) is 0 Å². The largest absolute Gasteiger partial charge is 0.493 e. The third-order valence-electron chi connectivity index (χ3n) is 4.83. The van der Waals surface area contributed by atoms with Gasteiger partial charge in [0.05, 0.1) is 29.2 Å². The van der Waals surface area contributed by atoms with E-state index in [4.69, 9.17) is 25.6 Å². The Labute approximate surface area is 191 Å². The number of nitrogens with zero attached hydrogens (tertiary/aromatic N) is 2. The molecule has 0 saturated heterocycles. The van der Waals surface area contributed by atoms with Crippen LogP contribution in [0.3, 0.4) is 0 Å². The molecule has 0 saturated carbocycles. The molecule has 8 heteroatoms. The summed E-state index contributed by atoms with van der Waals surface area (Å²) in [5.74, 6) is 1.86. The standard InChI is InChI=1S/C23H25ClN2O4S/c1-5-26(13-18-8-10-22(24)31-18)23(27)11-7-17-6-9-20(21(12-17)28-4)29-14-19-15(2)25-30-16(19)3/h6-12H,5,13-14H2,1-4H3/b11-7+. The third-order valence-corrected chi connectivity index (χ3v) is 6.04. The molecule has 6 nitrogen and oxygen atoms in total. The van der Waals surface area contributed by atoms with Crippen LogP contribution in [0.25, 0.3) is 6.08 Å². The van der Waals surface area contributed by atoms with Gasteiger partial charge in [0.15, 0.2) is 11.5 Å². The third kappa shape index (κ3) is 5.89. The summed E-state index contributed by atoms with van der Waals surface area (Å²) in [5, 5.41) is 3.94. The van der Waals surface area contributed by atoms with Crippen LogP contribution in [0.5, 0.6) is 11.5 Å². The number of methoxy groups -OCH3 is 1. The summed E-state index contributed by atoms with van der Waals surface area (Å²) in [6.07, 6.45) is 3.34. The number of ether oxygens (including phenoxy) is 2. The molecule has 1 amide bonds. The lowest BCUT2D eigenvalue weighted by molar-refractivity contribution is -0.126. The fourth-order valence-corrected chi connectivity index (χ4v) is 4.11. The monoisotopic (exact) mass is 460 g/mol. The van der Waals surface area contributed by atoms with Gasteiger partial charge in [0.25, 0.3) is 0 Å². The molecule has 3 aromatic rings. The highest BCUT2D eigenvalue weighted by atomic mass is 35.5.